The van der Waals surface area contributed by atoms with Crippen LogP contribution in [0.2, 0.25) is 0 Å². The Kier molecular flexibility index (Phi) is 5.83. The number of hydrogen-bond donors (Lipinski definition) is 1. The van der Waals surface area contributed by atoms with Crippen molar-refractivity contribution in [3.63, 3.8) is 0 Å². The van der Waals surface area contributed by atoms with Gasteiger partial charge in [0.2, 0.25) is 0 Å². The zero-order valence-electron chi connectivity index (χ0n) is 12.1. The van der Waals surface area contributed by atoms with Crippen LogP contribution < -0.4 is 5.73 Å². The average molecular weight is 261 g/mol. The highest BCUT2D eigenvalue weighted by molar-refractivity contribution is 5.26. The summed E-state index contributed by atoms with van der Waals surface area (Å²) < 4.78 is 0. The smallest absolute Gasteiger partial charge is 0.0237 e. The Labute approximate surface area is 117 Å². The molecule has 0 amide bonds. The van der Waals surface area contributed by atoms with Gasteiger partial charge in [0.1, 0.15) is 0 Å². The van der Waals surface area contributed by atoms with Crippen molar-refractivity contribution >= 4 is 0 Å². The standard InChI is InChI=1S/C16H27N3/c1-2-18(11-12-19-9-5-6-10-19)14-16-8-4-3-7-15(16)13-17/h3-4,7-8H,2,5-6,9-14,17H2,1H3. The van der Waals surface area contributed by atoms with Gasteiger partial charge in [-0.1, -0.05) is 31.2 Å². The molecule has 2 N–H and O–H groups in total. The molecule has 0 radical (unpaired) electrons. The number of rotatable bonds is 7. The fourth-order valence-corrected chi connectivity index (χ4v) is 2.79. The van der Waals surface area contributed by atoms with Gasteiger partial charge < -0.3 is 10.6 Å². The first-order valence-electron chi connectivity index (χ1n) is 7.55. The predicted octanol–water partition coefficient (Wildman–Crippen LogP) is 2.06. The molecule has 19 heavy (non-hydrogen) atoms. The summed E-state index contributed by atoms with van der Waals surface area (Å²) in [5, 5.41) is 0. The van der Waals surface area contributed by atoms with E-state index in [1.807, 2.05) is 0 Å². The first kappa shape index (κ1) is 14.5. The minimum Gasteiger partial charge on any atom is -0.326 e. The molecule has 1 saturated heterocycles. The van der Waals surface area contributed by atoms with Crippen LogP contribution in [0.1, 0.15) is 30.9 Å². The maximum Gasteiger partial charge on any atom is 0.0237 e. The first-order valence-corrected chi connectivity index (χ1v) is 7.55. The lowest BCUT2D eigenvalue weighted by atomic mass is 10.1. The highest BCUT2D eigenvalue weighted by Crippen LogP contribution is 2.12. The third-order valence-corrected chi connectivity index (χ3v) is 4.11. The van der Waals surface area contributed by atoms with Gasteiger partial charge in [0.15, 0.2) is 0 Å². The molecule has 0 saturated carbocycles. The summed E-state index contributed by atoms with van der Waals surface area (Å²) in [6.07, 6.45) is 2.75. The van der Waals surface area contributed by atoms with Crippen LogP contribution >= 0.6 is 0 Å². The Morgan fingerprint density at radius 2 is 1.84 bits per heavy atom. The SMILES string of the molecule is CCN(CCN1CCCC1)Cc1ccccc1CN. The van der Waals surface area contributed by atoms with Crippen molar-refractivity contribution in [3.05, 3.63) is 35.4 Å². The zero-order valence-corrected chi connectivity index (χ0v) is 12.1. The molecule has 0 spiro atoms. The van der Waals surface area contributed by atoms with E-state index in [0.717, 1.165) is 19.6 Å². The minimum absolute atomic E-state index is 0.639. The fraction of sp³-hybridized carbons (Fsp3) is 0.625. The maximum atomic E-state index is 5.81. The van der Waals surface area contributed by atoms with Crippen LogP contribution in [0.5, 0.6) is 0 Å². The number of likely N-dealkylation sites (tertiary alicyclic amines) is 1. The zero-order chi connectivity index (χ0) is 13.5. The highest BCUT2D eigenvalue weighted by atomic mass is 15.2. The summed E-state index contributed by atoms with van der Waals surface area (Å²) in [6, 6.07) is 8.54. The molecule has 2 rings (SSSR count). The van der Waals surface area contributed by atoms with Gasteiger partial charge in [-0.2, -0.15) is 0 Å². The topological polar surface area (TPSA) is 32.5 Å². The molecule has 106 valence electrons. The third-order valence-electron chi connectivity index (χ3n) is 4.11. The summed E-state index contributed by atoms with van der Waals surface area (Å²) in [5.74, 6) is 0. The molecule has 1 aromatic carbocycles. The average Bonchev–Trinajstić information content (AvgIpc) is 2.97. The van der Waals surface area contributed by atoms with Gasteiger partial charge >= 0.3 is 0 Å². The van der Waals surface area contributed by atoms with Crippen LogP contribution in [-0.2, 0) is 13.1 Å². The second-order valence-electron chi connectivity index (χ2n) is 5.39. The number of hydrogen-bond acceptors (Lipinski definition) is 3. The molecule has 1 heterocycles. The molecule has 1 fully saturated rings. The highest BCUT2D eigenvalue weighted by Gasteiger charge is 2.13. The van der Waals surface area contributed by atoms with E-state index in [1.54, 1.807) is 0 Å². The van der Waals surface area contributed by atoms with Gasteiger partial charge in [-0.05, 0) is 43.6 Å². The second-order valence-corrected chi connectivity index (χ2v) is 5.39. The Hall–Kier alpha value is -0.900. The summed E-state index contributed by atoms with van der Waals surface area (Å²) >= 11 is 0. The quantitative estimate of drug-likeness (QED) is 0.815. The van der Waals surface area contributed by atoms with E-state index in [1.165, 1.54) is 43.6 Å². The summed E-state index contributed by atoms with van der Waals surface area (Å²) in [7, 11) is 0. The summed E-state index contributed by atoms with van der Waals surface area (Å²) in [6.45, 7) is 9.96. The molecule has 0 unspecified atom stereocenters. The first-order chi connectivity index (χ1) is 9.33. The number of nitrogens with two attached hydrogens (primary N) is 1. The summed E-state index contributed by atoms with van der Waals surface area (Å²) in [4.78, 5) is 5.10. The predicted molar refractivity (Wildman–Crippen MR) is 81.0 cm³/mol. The van der Waals surface area contributed by atoms with Crippen molar-refractivity contribution in [1.82, 2.24) is 9.80 Å². The van der Waals surface area contributed by atoms with E-state index in [-0.39, 0.29) is 0 Å². The second kappa shape index (κ2) is 7.63. The van der Waals surface area contributed by atoms with E-state index in [0.29, 0.717) is 6.54 Å². The number of nitrogens with zero attached hydrogens (tertiary/aromatic N) is 2. The van der Waals surface area contributed by atoms with E-state index in [4.69, 9.17) is 5.73 Å². The monoisotopic (exact) mass is 261 g/mol. The van der Waals surface area contributed by atoms with Crippen LogP contribution in [0.25, 0.3) is 0 Å². The summed E-state index contributed by atoms with van der Waals surface area (Å²) in [5.41, 5.74) is 8.48. The molecule has 3 heteroatoms. The third kappa shape index (κ3) is 4.30. The van der Waals surface area contributed by atoms with E-state index in [2.05, 4.69) is 41.0 Å². The fourth-order valence-electron chi connectivity index (χ4n) is 2.79. The largest absolute Gasteiger partial charge is 0.326 e. The minimum atomic E-state index is 0.639. The van der Waals surface area contributed by atoms with Crippen LogP contribution in [0.3, 0.4) is 0 Å². The number of benzene rings is 1. The lowest BCUT2D eigenvalue weighted by Gasteiger charge is -2.24. The van der Waals surface area contributed by atoms with Crippen molar-refractivity contribution in [3.8, 4) is 0 Å². The van der Waals surface area contributed by atoms with Gasteiger partial charge in [-0.25, -0.2) is 0 Å². The van der Waals surface area contributed by atoms with Crippen LogP contribution in [0.4, 0.5) is 0 Å². The Morgan fingerprint density at radius 1 is 1.16 bits per heavy atom. The Bertz CT molecular complexity index is 372. The van der Waals surface area contributed by atoms with Gasteiger partial charge in [-0.15, -0.1) is 0 Å². The maximum absolute atomic E-state index is 5.81. The van der Waals surface area contributed by atoms with Crippen LogP contribution in [-0.4, -0.2) is 42.5 Å². The molecule has 0 aliphatic carbocycles. The molecular formula is C16H27N3. The van der Waals surface area contributed by atoms with Gasteiger partial charge in [0.05, 0.1) is 0 Å². The molecule has 3 nitrogen and oxygen atoms in total. The molecule has 0 bridgehead atoms. The van der Waals surface area contributed by atoms with Crippen LogP contribution in [0.15, 0.2) is 24.3 Å². The molecule has 0 atom stereocenters. The molecule has 1 aliphatic heterocycles. The van der Waals surface area contributed by atoms with E-state index in [9.17, 15) is 0 Å². The van der Waals surface area contributed by atoms with E-state index >= 15 is 0 Å². The van der Waals surface area contributed by atoms with Gasteiger partial charge in [0.25, 0.3) is 0 Å². The molecule has 1 aromatic rings. The van der Waals surface area contributed by atoms with Crippen molar-refractivity contribution in [1.29, 1.82) is 0 Å². The Balaban J connectivity index is 1.86. The number of likely N-dealkylation sites (N-methyl/N-ethyl adjacent to an activating group) is 1. The van der Waals surface area contributed by atoms with Crippen molar-refractivity contribution in [2.24, 2.45) is 5.73 Å². The lowest BCUT2D eigenvalue weighted by molar-refractivity contribution is 0.226. The van der Waals surface area contributed by atoms with Gasteiger partial charge in [0, 0.05) is 26.2 Å². The van der Waals surface area contributed by atoms with Gasteiger partial charge in [-0.3, -0.25) is 4.90 Å². The van der Waals surface area contributed by atoms with Crippen molar-refractivity contribution in [2.45, 2.75) is 32.9 Å². The lowest BCUT2D eigenvalue weighted by Crippen LogP contribution is -2.33. The van der Waals surface area contributed by atoms with E-state index < -0.39 is 0 Å². The van der Waals surface area contributed by atoms with Crippen molar-refractivity contribution in [2.75, 3.05) is 32.7 Å². The molecule has 0 aromatic heterocycles. The molecule has 1 aliphatic rings. The van der Waals surface area contributed by atoms with Crippen LogP contribution in [0, 0.1) is 0 Å². The Morgan fingerprint density at radius 3 is 2.47 bits per heavy atom. The molecular weight excluding hydrogens is 234 g/mol. The normalized spacial score (nSPS) is 16.4. The van der Waals surface area contributed by atoms with Crippen molar-refractivity contribution < 1.29 is 0 Å².